The van der Waals surface area contributed by atoms with Crippen LogP contribution in [0.15, 0.2) is 42.6 Å². The summed E-state index contributed by atoms with van der Waals surface area (Å²) in [7, 11) is 0. The minimum Gasteiger partial charge on any atom is -0.457 e. The molecule has 0 atom stereocenters. The van der Waals surface area contributed by atoms with Gasteiger partial charge in [-0.25, -0.2) is 4.79 Å². The van der Waals surface area contributed by atoms with E-state index in [9.17, 15) is 4.79 Å². The van der Waals surface area contributed by atoms with Gasteiger partial charge in [-0.15, -0.1) is 0 Å². The van der Waals surface area contributed by atoms with E-state index >= 15 is 0 Å². The molecule has 0 bridgehead atoms. The number of carbonyl (C=O) groups is 1. The SMILES string of the molecule is O=C(OCOc1ccccc1)c1ccn[nH]1. The maximum Gasteiger partial charge on any atom is 0.359 e. The van der Waals surface area contributed by atoms with Crippen molar-refractivity contribution in [1.82, 2.24) is 10.2 Å². The molecule has 0 radical (unpaired) electrons. The van der Waals surface area contributed by atoms with E-state index in [1.165, 1.54) is 12.3 Å². The molecule has 2 rings (SSSR count). The maximum atomic E-state index is 11.3. The number of hydrogen-bond donors (Lipinski definition) is 1. The van der Waals surface area contributed by atoms with Gasteiger partial charge in [0.1, 0.15) is 11.4 Å². The van der Waals surface area contributed by atoms with Crippen LogP contribution in [0.2, 0.25) is 0 Å². The number of benzene rings is 1. The molecule has 82 valence electrons. The van der Waals surface area contributed by atoms with E-state index < -0.39 is 5.97 Å². The largest absolute Gasteiger partial charge is 0.457 e. The normalized spacial score (nSPS) is 9.75. The summed E-state index contributed by atoms with van der Waals surface area (Å²) in [6.45, 7) is -0.123. The van der Waals surface area contributed by atoms with Crippen LogP contribution in [-0.2, 0) is 4.74 Å². The maximum absolute atomic E-state index is 11.3. The molecule has 16 heavy (non-hydrogen) atoms. The van der Waals surface area contributed by atoms with Gasteiger partial charge in [-0.1, -0.05) is 18.2 Å². The van der Waals surface area contributed by atoms with Gasteiger partial charge in [-0.3, -0.25) is 5.10 Å². The number of aromatic amines is 1. The average Bonchev–Trinajstić information content (AvgIpc) is 2.84. The Labute approximate surface area is 92.0 Å². The zero-order valence-corrected chi connectivity index (χ0v) is 8.42. The summed E-state index contributed by atoms with van der Waals surface area (Å²) in [4.78, 5) is 11.3. The third-order valence-electron chi connectivity index (χ3n) is 1.88. The Balaban J connectivity index is 1.79. The van der Waals surface area contributed by atoms with Crippen LogP contribution in [0.25, 0.3) is 0 Å². The number of H-pyrrole nitrogens is 1. The fourth-order valence-electron chi connectivity index (χ4n) is 1.12. The minimum atomic E-state index is -0.492. The van der Waals surface area contributed by atoms with Crippen molar-refractivity contribution in [3.63, 3.8) is 0 Å². The quantitative estimate of drug-likeness (QED) is 0.625. The number of ether oxygens (including phenoxy) is 2. The van der Waals surface area contributed by atoms with Crippen LogP contribution in [0.1, 0.15) is 10.5 Å². The number of para-hydroxylation sites is 1. The molecule has 0 unspecified atom stereocenters. The van der Waals surface area contributed by atoms with Crippen LogP contribution in [-0.4, -0.2) is 23.0 Å². The lowest BCUT2D eigenvalue weighted by Crippen LogP contribution is -2.11. The van der Waals surface area contributed by atoms with Crippen molar-refractivity contribution in [3.05, 3.63) is 48.3 Å². The molecule has 5 nitrogen and oxygen atoms in total. The van der Waals surface area contributed by atoms with Crippen molar-refractivity contribution in [2.45, 2.75) is 0 Å². The van der Waals surface area contributed by atoms with E-state index in [4.69, 9.17) is 9.47 Å². The predicted octanol–water partition coefficient (Wildman–Crippen LogP) is 1.60. The lowest BCUT2D eigenvalue weighted by molar-refractivity contribution is 0.0148. The highest BCUT2D eigenvalue weighted by Crippen LogP contribution is 2.08. The monoisotopic (exact) mass is 218 g/mol. The first-order valence-electron chi connectivity index (χ1n) is 4.70. The Morgan fingerprint density at radius 3 is 2.75 bits per heavy atom. The molecular formula is C11H10N2O3. The number of nitrogens with zero attached hydrogens (tertiary/aromatic N) is 1. The summed E-state index contributed by atoms with van der Waals surface area (Å²) in [6, 6.07) is 10.7. The molecule has 2 aromatic rings. The predicted molar refractivity (Wildman–Crippen MR) is 55.9 cm³/mol. The number of aromatic nitrogens is 2. The standard InChI is InChI=1S/C11H10N2O3/c14-11(10-6-7-12-13-10)16-8-15-9-4-2-1-3-5-9/h1-7H,8H2,(H,12,13). The van der Waals surface area contributed by atoms with E-state index in [0.717, 1.165) is 0 Å². The second-order valence-electron chi connectivity index (χ2n) is 2.98. The van der Waals surface area contributed by atoms with Gasteiger partial charge >= 0.3 is 5.97 Å². The second-order valence-corrected chi connectivity index (χ2v) is 2.98. The number of hydrogen-bond acceptors (Lipinski definition) is 4. The Bertz CT molecular complexity index is 440. The Morgan fingerprint density at radius 2 is 2.06 bits per heavy atom. The highest BCUT2D eigenvalue weighted by molar-refractivity contribution is 5.86. The van der Waals surface area contributed by atoms with Gasteiger partial charge < -0.3 is 9.47 Å². The first-order chi connectivity index (χ1) is 7.86. The fourth-order valence-corrected chi connectivity index (χ4v) is 1.12. The fraction of sp³-hybridized carbons (Fsp3) is 0.0909. The van der Waals surface area contributed by atoms with E-state index in [1.54, 1.807) is 12.1 Å². The van der Waals surface area contributed by atoms with Crippen molar-refractivity contribution in [3.8, 4) is 5.75 Å². The number of carbonyl (C=O) groups excluding carboxylic acids is 1. The first-order valence-corrected chi connectivity index (χ1v) is 4.70. The van der Waals surface area contributed by atoms with Gasteiger partial charge in [0, 0.05) is 6.20 Å². The topological polar surface area (TPSA) is 64.2 Å². The summed E-state index contributed by atoms with van der Waals surface area (Å²) >= 11 is 0. The third-order valence-corrected chi connectivity index (χ3v) is 1.88. The van der Waals surface area contributed by atoms with Crippen molar-refractivity contribution >= 4 is 5.97 Å². The van der Waals surface area contributed by atoms with Crippen LogP contribution in [0.3, 0.4) is 0 Å². The van der Waals surface area contributed by atoms with E-state index in [2.05, 4.69) is 10.2 Å². The molecule has 0 saturated carbocycles. The van der Waals surface area contributed by atoms with E-state index in [0.29, 0.717) is 11.4 Å². The summed E-state index contributed by atoms with van der Waals surface area (Å²) in [5.41, 5.74) is 0.302. The molecule has 1 aromatic carbocycles. The summed E-state index contributed by atoms with van der Waals surface area (Å²) in [6.07, 6.45) is 1.48. The van der Waals surface area contributed by atoms with Crippen molar-refractivity contribution in [2.75, 3.05) is 6.79 Å². The van der Waals surface area contributed by atoms with Gasteiger partial charge in [-0.2, -0.15) is 5.10 Å². The van der Waals surface area contributed by atoms with Gasteiger partial charge in [0.25, 0.3) is 0 Å². The van der Waals surface area contributed by atoms with Gasteiger partial charge in [0.15, 0.2) is 0 Å². The summed E-state index contributed by atoms with van der Waals surface area (Å²) in [5, 5.41) is 6.15. The van der Waals surface area contributed by atoms with Crippen LogP contribution in [0.5, 0.6) is 5.75 Å². The molecule has 0 spiro atoms. The highest BCUT2D eigenvalue weighted by atomic mass is 16.7. The van der Waals surface area contributed by atoms with Gasteiger partial charge in [0.05, 0.1) is 0 Å². The van der Waals surface area contributed by atoms with E-state index in [-0.39, 0.29) is 6.79 Å². The zero-order valence-electron chi connectivity index (χ0n) is 8.42. The summed E-state index contributed by atoms with van der Waals surface area (Å²) in [5.74, 6) is 0.161. The van der Waals surface area contributed by atoms with Crippen molar-refractivity contribution < 1.29 is 14.3 Å². The third kappa shape index (κ3) is 2.60. The number of esters is 1. The van der Waals surface area contributed by atoms with E-state index in [1.807, 2.05) is 18.2 Å². The Hall–Kier alpha value is -2.30. The van der Waals surface area contributed by atoms with Crippen molar-refractivity contribution in [1.29, 1.82) is 0 Å². The Morgan fingerprint density at radius 1 is 1.25 bits per heavy atom. The molecular weight excluding hydrogens is 208 g/mol. The highest BCUT2D eigenvalue weighted by Gasteiger charge is 2.07. The van der Waals surface area contributed by atoms with Gasteiger partial charge in [0.2, 0.25) is 6.79 Å². The molecule has 0 saturated heterocycles. The molecule has 1 heterocycles. The van der Waals surface area contributed by atoms with Crippen LogP contribution in [0.4, 0.5) is 0 Å². The minimum absolute atomic E-state index is 0.123. The first kappa shape index (κ1) is 10.2. The molecule has 0 fully saturated rings. The van der Waals surface area contributed by atoms with Gasteiger partial charge in [-0.05, 0) is 18.2 Å². The molecule has 0 aliphatic carbocycles. The zero-order chi connectivity index (χ0) is 11.2. The average molecular weight is 218 g/mol. The molecule has 0 amide bonds. The smallest absolute Gasteiger partial charge is 0.359 e. The lowest BCUT2D eigenvalue weighted by Gasteiger charge is -2.05. The molecule has 1 aromatic heterocycles. The molecule has 0 aliphatic heterocycles. The molecule has 1 N–H and O–H groups in total. The van der Waals surface area contributed by atoms with Crippen molar-refractivity contribution in [2.24, 2.45) is 0 Å². The summed E-state index contributed by atoms with van der Waals surface area (Å²) < 4.78 is 10.1. The Kier molecular flexibility index (Phi) is 3.18. The number of nitrogens with one attached hydrogen (secondary N) is 1. The van der Waals surface area contributed by atoms with Crippen LogP contribution in [0, 0.1) is 0 Å². The lowest BCUT2D eigenvalue weighted by atomic mass is 10.3. The second kappa shape index (κ2) is 4.97. The molecule has 5 heteroatoms. The molecule has 0 aliphatic rings. The van der Waals surface area contributed by atoms with Crippen LogP contribution < -0.4 is 4.74 Å². The van der Waals surface area contributed by atoms with Crippen LogP contribution >= 0.6 is 0 Å². The number of rotatable bonds is 4.